The lowest BCUT2D eigenvalue weighted by Gasteiger charge is -2.04. The van der Waals surface area contributed by atoms with Crippen molar-refractivity contribution in [1.82, 2.24) is 10.3 Å². The number of nitrogens with one attached hydrogen (secondary N) is 1. The highest BCUT2D eigenvalue weighted by molar-refractivity contribution is 7.13. The van der Waals surface area contributed by atoms with E-state index in [2.05, 4.69) is 15.0 Å². The van der Waals surface area contributed by atoms with Gasteiger partial charge in [0, 0.05) is 18.0 Å². The van der Waals surface area contributed by atoms with Crippen LogP contribution in [-0.4, -0.2) is 30.5 Å². The molecule has 0 aliphatic carbocycles. The Labute approximate surface area is 174 Å². The van der Waals surface area contributed by atoms with Gasteiger partial charge in [-0.25, -0.2) is 4.98 Å². The molecule has 1 amide bonds. The number of carbonyl (C=O) groups is 2. The average Bonchev–Trinajstić information content (AvgIpc) is 3.07. The second-order valence-electron chi connectivity index (χ2n) is 6.26. The molecule has 0 saturated heterocycles. The molecule has 2 rings (SSSR count). The third-order valence-electron chi connectivity index (χ3n) is 4.04. The van der Waals surface area contributed by atoms with Crippen molar-refractivity contribution in [3.05, 3.63) is 44.9 Å². The second kappa shape index (κ2) is 11.7. The van der Waals surface area contributed by atoms with E-state index < -0.39 is 0 Å². The Kier molecular flexibility index (Phi) is 9.23. The predicted octanol–water partition coefficient (Wildman–Crippen LogP) is 4.54. The maximum Gasteiger partial charge on any atom is 0.305 e. The monoisotopic (exact) mass is 424 g/mol. The van der Waals surface area contributed by atoms with Crippen LogP contribution >= 0.6 is 22.9 Å². The molecule has 0 saturated carbocycles. The van der Waals surface area contributed by atoms with E-state index in [0.717, 1.165) is 30.7 Å². The fourth-order valence-corrected chi connectivity index (χ4v) is 3.55. The smallest absolute Gasteiger partial charge is 0.305 e. The Balaban J connectivity index is 1.70. The number of nitrogens with zero attached hydrogens (tertiary/aromatic N) is 1. The summed E-state index contributed by atoms with van der Waals surface area (Å²) in [6, 6.07) is 7.11. The molecule has 2 aromatic rings. The van der Waals surface area contributed by atoms with Gasteiger partial charge >= 0.3 is 5.97 Å². The molecule has 1 N–H and O–H groups in total. The molecular weight excluding hydrogens is 400 g/mol. The second-order valence-corrected chi connectivity index (χ2v) is 7.78. The minimum absolute atomic E-state index is 0.109. The summed E-state index contributed by atoms with van der Waals surface area (Å²) >= 11 is 7.20. The molecule has 0 fully saturated rings. The van der Waals surface area contributed by atoms with E-state index in [4.69, 9.17) is 16.3 Å². The van der Waals surface area contributed by atoms with Gasteiger partial charge in [-0.15, -0.1) is 11.3 Å². The first-order valence-corrected chi connectivity index (χ1v) is 10.4. The number of amides is 1. The molecule has 0 radical (unpaired) electrons. The summed E-state index contributed by atoms with van der Waals surface area (Å²) in [5, 5.41) is 4.33. The Morgan fingerprint density at radius 1 is 1.14 bits per heavy atom. The first-order valence-electron chi connectivity index (χ1n) is 9.19. The van der Waals surface area contributed by atoms with E-state index in [1.165, 1.54) is 18.4 Å². The van der Waals surface area contributed by atoms with Gasteiger partial charge < -0.3 is 14.8 Å². The number of hydrogen-bond donors (Lipinski definition) is 1. The van der Waals surface area contributed by atoms with Crippen LogP contribution in [0.2, 0.25) is 5.02 Å². The minimum atomic E-state index is -0.176. The van der Waals surface area contributed by atoms with Crippen LogP contribution in [0.15, 0.2) is 24.3 Å². The number of halogens is 1. The number of hydrogen-bond acceptors (Lipinski definition) is 6. The van der Waals surface area contributed by atoms with Crippen LogP contribution in [0, 0.1) is 6.92 Å². The Morgan fingerprint density at radius 2 is 1.86 bits per heavy atom. The van der Waals surface area contributed by atoms with Crippen molar-refractivity contribution >= 4 is 34.8 Å². The molecule has 0 aliphatic rings. The molecule has 8 heteroatoms. The summed E-state index contributed by atoms with van der Waals surface area (Å²) in [4.78, 5) is 28.4. The van der Waals surface area contributed by atoms with Crippen LogP contribution in [0.4, 0.5) is 0 Å². The van der Waals surface area contributed by atoms with Crippen molar-refractivity contribution < 1.29 is 19.1 Å². The largest absolute Gasteiger partial charge is 0.486 e. The SMILES string of the molecule is COC(=O)CCCCCCNC(=O)c1sc(COc2ccc(Cl)cc2)nc1C. The van der Waals surface area contributed by atoms with Crippen LogP contribution in [0.1, 0.15) is 52.5 Å². The summed E-state index contributed by atoms with van der Waals surface area (Å²) < 4.78 is 10.3. The number of ether oxygens (including phenoxy) is 2. The Bertz CT molecular complexity index is 777. The van der Waals surface area contributed by atoms with E-state index in [-0.39, 0.29) is 11.9 Å². The van der Waals surface area contributed by atoms with E-state index in [0.29, 0.717) is 40.9 Å². The zero-order chi connectivity index (χ0) is 20.4. The number of aromatic nitrogens is 1. The topological polar surface area (TPSA) is 77.5 Å². The number of unbranched alkanes of at least 4 members (excludes halogenated alkanes) is 3. The molecule has 0 bridgehead atoms. The summed E-state index contributed by atoms with van der Waals surface area (Å²) in [7, 11) is 1.40. The first kappa shape index (κ1) is 22.2. The summed E-state index contributed by atoms with van der Waals surface area (Å²) in [6.45, 7) is 2.73. The molecule has 0 unspecified atom stereocenters. The van der Waals surface area contributed by atoms with Gasteiger partial charge in [-0.1, -0.05) is 24.4 Å². The number of carbonyl (C=O) groups excluding carboxylic acids is 2. The van der Waals surface area contributed by atoms with E-state index in [1.54, 1.807) is 24.3 Å². The van der Waals surface area contributed by atoms with Crippen molar-refractivity contribution in [3.8, 4) is 5.75 Å². The van der Waals surface area contributed by atoms with Gasteiger partial charge in [0.05, 0.1) is 12.8 Å². The molecule has 0 aliphatic heterocycles. The van der Waals surface area contributed by atoms with Gasteiger partial charge in [-0.2, -0.15) is 0 Å². The van der Waals surface area contributed by atoms with Crippen LogP contribution in [0.25, 0.3) is 0 Å². The molecular formula is C20H25ClN2O4S. The highest BCUT2D eigenvalue weighted by atomic mass is 35.5. The fraction of sp³-hybridized carbons (Fsp3) is 0.450. The first-order chi connectivity index (χ1) is 13.5. The normalized spacial score (nSPS) is 10.5. The Morgan fingerprint density at radius 3 is 2.57 bits per heavy atom. The van der Waals surface area contributed by atoms with E-state index >= 15 is 0 Å². The van der Waals surface area contributed by atoms with Crippen molar-refractivity contribution in [2.45, 2.75) is 45.6 Å². The predicted molar refractivity (Wildman–Crippen MR) is 110 cm³/mol. The summed E-state index contributed by atoms with van der Waals surface area (Å²) in [5.41, 5.74) is 0.704. The third kappa shape index (κ3) is 7.48. The lowest BCUT2D eigenvalue weighted by Crippen LogP contribution is -2.24. The van der Waals surface area contributed by atoms with Gasteiger partial charge in [0.25, 0.3) is 5.91 Å². The van der Waals surface area contributed by atoms with Crippen LogP contribution in [0.5, 0.6) is 5.75 Å². The lowest BCUT2D eigenvalue weighted by molar-refractivity contribution is -0.140. The number of rotatable bonds is 11. The number of esters is 1. The molecule has 1 aromatic carbocycles. The number of aryl methyl sites for hydroxylation is 1. The molecule has 1 heterocycles. The van der Waals surface area contributed by atoms with Gasteiger partial charge in [0.15, 0.2) is 0 Å². The van der Waals surface area contributed by atoms with E-state index in [9.17, 15) is 9.59 Å². The standard InChI is InChI=1S/C20H25ClN2O4S/c1-14-19(20(25)22-12-6-4-3-5-7-18(24)26-2)28-17(23-14)13-27-16-10-8-15(21)9-11-16/h8-11H,3-7,12-13H2,1-2H3,(H,22,25). The fourth-order valence-electron chi connectivity index (χ4n) is 2.53. The quantitative estimate of drug-likeness (QED) is 0.423. The van der Waals surface area contributed by atoms with Gasteiger partial charge in [-0.3, -0.25) is 9.59 Å². The molecule has 152 valence electrons. The minimum Gasteiger partial charge on any atom is -0.486 e. The van der Waals surface area contributed by atoms with Gasteiger partial charge in [-0.05, 0) is 44.0 Å². The van der Waals surface area contributed by atoms with E-state index in [1.807, 2.05) is 6.92 Å². The highest BCUT2D eigenvalue weighted by Gasteiger charge is 2.15. The molecule has 6 nitrogen and oxygen atoms in total. The maximum absolute atomic E-state index is 12.4. The summed E-state index contributed by atoms with van der Waals surface area (Å²) in [6.07, 6.45) is 4.03. The van der Waals surface area contributed by atoms with Crippen molar-refractivity contribution in [3.63, 3.8) is 0 Å². The third-order valence-corrected chi connectivity index (χ3v) is 5.43. The number of benzene rings is 1. The van der Waals surface area contributed by atoms with Crippen LogP contribution < -0.4 is 10.1 Å². The van der Waals surface area contributed by atoms with Crippen molar-refractivity contribution in [2.75, 3.05) is 13.7 Å². The van der Waals surface area contributed by atoms with Crippen molar-refractivity contribution in [2.24, 2.45) is 0 Å². The lowest BCUT2D eigenvalue weighted by atomic mass is 10.1. The average molecular weight is 425 g/mol. The maximum atomic E-state index is 12.4. The Hall–Kier alpha value is -2.12. The summed E-state index contributed by atoms with van der Waals surface area (Å²) in [5.74, 6) is 0.419. The van der Waals surface area contributed by atoms with Crippen LogP contribution in [-0.2, 0) is 16.1 Å². The number of thiazole rings is 1. The van der Waals surface area contributed by atoms with Crippen molar-refractivity contribution in [1.29, 1.82) is 0 Å². The molecule has 28 heavy (non-hydrogen) atoms. The van der Waals surface area contributed by atoms with Gasteiger partial charge in [0.2, 0.25) is 0 Å². The van der Waals surface area contributed by atoms with Crippen LogP contribution in [0.3, 0.4) is 0 Å². The zero-order valence-corrected chi connectivity index (χ0v) is 17.7. The molecule has 1 aromatic heterocycles. The highest BCUT2D eigenvalue weighted by Crippen LogP contribution is 2.21. The van der Waals surface area contributed by atoms with Gasteiger partial charge in [0.1, 0.15) is 22.2 Å². The molecule has 0 atom stereocenters. The molecule has 0 spiro atoms. The number of methoxy groups -OCH3 is 1. The zero-order valence-electron chi connectivity index (χ0n) is 16.1.